The van der Waals surface area contributed by atoms with E-state index in [4.69, 9.17) is 4.74 Å². The molecule has 0 aromatic carbocycles. The second kappa shape index (κ2) is 3.74. The summed E-state index contributed by atoms with van der Waals surface area (Å²) in [6.07, 6.45) is 0.214. The summed E-state index contributed by atoms with van der Waals surface area (Å²) in [5.41, 5.74) is 0. The topological polar surface area (TPSA) is 49.9 Å². The lowest BCUT2D eigenvalue weighted by Gasteiger charge is -2.22. The predicted molar refractivity (Wildman–Crippen MR) is 45.6 cm³/mol. The lowest BCUT2D eigenvalue weighted by atomic mass is 10.2. The van der Waals surface area contributed by atoms with E-state index in [0.29, 0.717) is 6.61 Å². The van der Waals surface area contributed by atoms with Crippen LogP contribution in [0.15, 0.2) is 0 Å². The summed E-state index contributed by atoms with van der Waals surface area (Å²) >= 11 is 0. The van der Waals surface area contributed by atoms with Crippen molar-refractivity contribution in [2.24, 2.45) is 0 Å². The molecule has 0 N–H and O–H groups in total. The van der Waals surface area contributed by atoms with E-state index in [2.05, 4.69) is 0 Å². The number of carbonyl (C=O) groups excluding carboxylic acids is 2. The molecule has 13 heavy (non-hydrogen) atoms. The number of carbonyl (C=O) groups is 2. The molecule has 1 aliphatic heterocycles. The molecule has 5 nitrogen and oxygen atoms in total. The van der Waals surface area contributed by atoms with Crippen molar-refractivity contribution in [1.82, 2.24) is 10.0 Å². The van der Waals surface area contributed by atoms with E-state index in [1.165, 1.54) is 5.01 Å². The zero-order chi connectivity index (χ0) is 10.0. The van der Waals surface area contributed by atoms with Gasteiger partial charge in [-0.15, -0.1) is 0 Å². The van der Waals surface area contributed by atoms with Crippen molar-refractivity contribution in [2.75, 3.05) is 20.7 Å². The van der Waals surface area contributed by atoms with Gasteiger partial charge in [0.25, 0.3) is 0 Å². The predicted octanol–water partition coefficient (Wildman–Crippen LogP) is -0.373. The van der Waals surface area contributed by atoms with Gasteiger partial charge < -0.3 is 4.74 Å². The number of hydrogen-bond acceptors (Lipinski definition) is 4. The van der Waals surface area contributed by atoms with Crippen LogP contribution in [0.5, 0.6) is 0 Å². The van der Waals surface area contributed by atoms with E-state index in [-0.39, 0.29) is 18.3 Å². The molecule has 1 rings (SSSR count). The summed E-state index contributed by atoms with van der Waals surface area (Å²) in [6.45, 7) is 2.10. The fourth-order valence-corrected chi connectivity index (χ4v) is 1.29. The summed E-state index contributed by atoms with van der Waals surface area (Å²) in [5, 5.41) is 3.03. The fourth-order valence-electron chi connectivity index (χ4n) is 1.29. The largest absolute Gasteiger partial charge is 0.465 e. The number of hydrogen-bond donors (Lipinski definition) is 0. The van der Waals surface area contributed by atoms with E-state index in [9.17, 15) is 9.59 Å². The zero-order valence-electron chi connectivity index (χ0n) is 8.11. The van der Waals surface area contributed by atoms with Gasteiger partial charge in [0.15, 0.2) is 0 Å². The summed E-state index contributed by atoms with van der Waals surface area (Å²) in [5.74, 6) is -0.386. The third-order valence-electron chi connectivity index (χ3n) is 2.21. The Labute approximate surface area is 77.2 Å². The van der Waals surface area contributed by atoms with Gasteiger partial charge in [-0.2, -0.15) is 0 Å². The molecule has 1 amide bonds. The van der Waals surface area contributed by atoms with Gasteiger partial charge in [-0.05, 0) is 6.92 Å². The number of hydrazine groups is 1. The van der Waals surface area contributed by atoms with Gasteiger partial charge in [-0.25, -0.2) is 5.01 Å². The molecule has 0 saturated carbocycles. The molecule has 0 aliphatic carbocycles. The number of nitrogens with zero attached hydrogens (tertiary/aromatic N) is 2. The van der Waals surface area contributed by atoms with Crippen LogP contribution in [-0.4, -0.2) is 48.6 Å². The van der Waals surface area contributed by atoms with Crippen molar-refractivity contribution in [3.63, 3.8) is 0 Å². The molecule has 0 spiro atoms. The number of likely N-dealkylation sites (N-methyl/N-ethyl adjacent to an activating group) is 1. The van der Waals surface area contributed by atoms with Gasteiger partial charge in [0.05, 0.1) is 13.0 Å². The van der Waals surface area contributed by atoms with Gasteiger partial charge >= 0.3 is 5.97 Å². The molecule has 1 aliphatic rings. The van der Waals surface area contributed by atoms with Crippen molar-refractivity contribution in [2.45, 2.75) is 19.4 Å². The van der Waals surface area contributed by atoms with Crippen LogP contribution in [0.2, 0.25) is 0 Å². The lowest BCUT2D eigenvalue weighted by Crippen LogP contribution is -2.40. The highest BCUT2D eigenvalue weighted by atomic mass is 16.5. The highest BCUT2D eigenvalue weighted by molar-refractivity contribution is 5.87. The van der Waals surface area contributed by atoms with E-state index in [1.807, 2.05) is 0 Å². The molecule has 0 radical (unpaired) electrons. The van der Waals surface area contributed by atoms with Crippen LogP contribution in [0.1, 0.15) is 13.3 Å². The Bertz CT molecular complexity index is 229. The smallest absolute Gasteiger partial charge is 0.325 e. The third-order valence-corrected chi connectivity index (χ3v) is 2.21. The third kappa shape index (κ3) is 1.80. The Morgan fingerprint density at radius 3 is 2.62 bits per heavy atom. The fraction of sp³-hybridized carbons (Fsp3) is 0.750. The van der Waals surface area contributed by atoms with Crippen molar-refractivity contribution < 1.29 is 14.3 Å². The minimum atomic E-state index is -0.447. The SMILES string of the molecule is CCOC(=O)C1CC(=O)N(C)N1C. The highest BCUT2D eigenvalue weighted by Gasteiger charge is 2.38. The summed E-state index contributed by atoms with van der Waals surface area (Å²) in [7, 11) is 3.34. The van der Waals surface area contributed by atoms with Crippen LogP contribution >= 0.6 is 0 Å². The molecule has 5 heteroatoms. The maximum Gasteiger partial charge on any atom is 0.325 e. The summed E-state index contributed by atoms with van der Waals surface area (Å²) in [4.78, 5) is 22.5. The quantitative estimate of drug-likeness (QED) is 0.552. The maximum absolute atomic E-state index is 11.3. The van der Waals surface area contributed by atoms with Gasteiger partial charge in [0, 0.05) is 14.1 Å². The molecular weight excluding hydrogens is 172 g/mol. The van der Waals surface area contributed by atoms with Crippen molar-refractivity contribution in [3.05, 3.63) is 0 Å². The number of esters is 1. The molecule has 74 valence electrons. The molecule has 1 heterocycles. The normalized spacial score (nSPS) is 23.8. The standard InChI is InChI=1S/C8H14N2O3/c1-4-13-8(12)6-5-7(11)10(3)9(6)2/h6H,4-5H2,1-3H3. The molecular formula is C8H14N2O3. The van der Waals surface area contributed by atoms with Crippen molar-refractivity contribution in [3.8, 4) is 0 Å². The first-order valence-corrected chi connectivity index (χ1v) is 4.23. The molecule has 1 atom stereocenters. The second-order valence-corrected chi connectivity index (χ2v) is 2.96. The molecule has 1 fully saturated rings. The molecule has 1 saturated heterocycles. The van der Waals surface area contributed by atoms with E-state index in [0.717, 1.165) is 0 Å². The average Bonchev–Trinajstić information content (AvgIpc) is 2.33. The number of amides is 1. The van der Waals surface area contributed by atoms with Crippen LogP contribution in [0, 0.1) is 0 Å². The zero-order valence-corrected chi connectivity index (χ0v) is 8.11. The average molecular weight is 186 g/mol. The van der Waals surface area contributed by atoms with Crippen LogP contribution in [0.4, 0.5) is 0 Å². The number of ether oxygens (including phenoxy) is 1. The molecule has 0 aromatic rings. The van der Waals surface area contributed by atoms with Crippen LogP contribution in [-0.2, 0) is 14.3 Å². The van der Waals surface area contributed by atoms with Crippen LogP contribution in [0.25, 0.3) is 0 Å². The molecule has 0 aromatic heterocycles. The first-order valence-electron chi connectivity index (χ1n) is 4.23. The van der Waals surface area contributed by atoms with E-state index >= 15 is 0 Å². The first kappa shape index (κ1) is 9.98. The Morgan fingerprint density at radius 2 is 2.23 bits per heavy atom. The lowest BCUT2D eigenvalue weighted by molar-refractivity contribution is -0.151. The van der Waals surface area contributed by atoms with Gasteiger partial charge in [0.2, 0.25) is 5.91 Å². The van der Waals surface area contributed by atoms with Crippen LogP contribution in [0.3, 0.4) is 0 Å². The maximum atomic E-state index is 11.3. The molecule has 0 bridgehead atoms. The van der Waals surface area contributed by atoms with Gasteiger partial charge in [0.1, 0.15) is 6.04 Å². The summed E-state index contributed by atoms with van der Waals surface area (Å²) in [6, 6.07) is -0.447. The minimum Gasteiger partial charge on any atom is -0.465 e. The Kier molecular flexibility index (Phi) is 2.87. The van der Waals surface area contributed by atoms with Crippen LogP contribution < -0.4 is 0 Å². The van der Waals surface area contributed by atoms with Gasteiger partial charge in [-0.1, -0.05) is 0 Å². The Hall–Kier alpha value is -1.10. The van der Waals surface area contributed by atoms with Gasteiger partial charge in [-0.3, -0.25) is 14.6 Å². The van der Waals surface area contributed by atoms with E-state index < -0.39 is 6.04 Å². The first-order chi connectivity index (χ1) is 6.07. The second-order valence-electron chi connectivity index (χ2n) is 2.96. The van der Waals surface area contributed by atoms with E-state index in [1.54, 1.807) is 26.0 Å². The minimum absolute atomic E-state index is 0.0550. The Balaban J connectivity index is 2.62. The van der Waals surface area contributed by atoms with Crippen molar-refractivity contribution in [1.29, 1.82) is 0 Å². The number of rotatable bonds is 2. The molecule has 1 unspecified atom stereocenters. The highest BCUT2D eigenvalue weighted by Crippen LogP contribution is 2.16. The monoisotopic (exact) mass is 186 g/mol. The summed E-state index contributed by atoms with van der Waals surface area (Å²) < 4.78 is 4.83. The van der Waals surface area contributed by atoms with Crippen molar-refractivity contribution >= 4 is 11.9 Å². The Morgan fingerprint density at radius 1 is 1.62 bits per heavy atom.